The summed E-state index contributed by atoms with van der Waals surface area (Å²) in [6.45, 7) is 4.27. The lowest BCUT2D eigenvalue weighted by Crippen LogP contribution is -2.52. The minimum atomic E-state index is -0.314. The van der Waals surface area contributed by atoms with Gasteiger partial charge in [-0.15, -0.1) is 0 Å². The second kappa shape index (κ2) is 11.9. The molecule has 0 heterocycles. The molecule has 0 unspecified atom stereocenters. The second-order valence-corrected chi connectivity index (χ2v) is 7.15. The van der Waals surface area contributed by atoms with Gasteiger partial charge >= 0.3 is 0 Å². The molecule has 156 valence electrons. The summed E-state index contributed by atoms with van der Waals surface area (Å²) in [5.41, 5.74) is 3.91. The second-order valence-electron chi connectivity index (χ2n) is 7.15. The zero-order chi connectivity index (χ0) is 21.1. The summed E-state index contributed by atoms with van der Waals surface area (Å²) >= 11 is 0. The highest BCUT2D eigenvalue weighted by Gasteiger charge is 2.26. The molecule has 1 N–H and O–H groups in total. The van der Waals surface area contributed by atoms with E-state index in [2.05, 4.69) is 19.3 Å². The quantitative estimate of drug-likeness (QED) is 0.559. The summed E-state index contributed by atoms with van der Waals surface area (Å²) in [4.78, 5) is 26.2. The van der Waals surface area contributed by atoms with Crippen LogP contribution >= 0.6 is 0 Å². The highest BCUT2D eigenvalue weighted by Crippen LogP contribution is 2.19. The minimum absolute atomic E-state index is 0.0443. The van der Waals surface area contributed by atoms with Gasteiger partial charge in [-0.2, -0.15) is 0 Å². The van der Waals surface area contributed by atoms with Crippen LogP contribution in [0.1, 0.15) is 73.1 Å². The topological polar surface area (TPSA) is 58.6 Å². The molecule has 2 aromatic carbocycles. The van der Waals surface area contributed by atoms with Gasteiger partial charge in [0.1, 0.15) is 5.75 Å². The first-order chi connectivity index (χ1) is 14.1. The molecule has 0 bridgehead atoms. The molecule has 2 rings (SSSR count). The third-order valence-corrected chi connectivity index (χ3v) is 4.94. The van der Waals surface area contributed by atoms with Crippen molar-refractivity contribution in [3.63, 3.8) is 0 Å². The van der Waals surface area contributed by atoms with E-state index in [4.69, 9.17) is 4.74 Å². The SMILES string of the molecule is CCCCC(CCCC)N(NC(=O)c1cccc(OC)c1)C(=O)c1ccccc1. The van der Waals surface area contributed by atoms with Crippen LogP contribution in [0.5, 0.6) is 5.75 Å². The van der Waals surface area contributed by atoms with Crippen LogP contribution in [0, 0.1) is 0 Å². The Bertz CT molecular complexity index is 769. The largest absolute Gasteiger partial charge is 0.497 e. The van der Waals surface area contributed by atoms with Crippen LogP contribution < -0.4 is 10.2 Å². The third kappa shape index (κ3) is 6.63. The molecule has 0 radical (unpaired) electrons. The molecule has 2 aromatic rings. The maximum absolute atomic E-state index is 13.3. The molecule has 2 amide bonds. The predicted molar refractivity (Wildman–Crippen MR) is 116 cm³/mol. The van der Waals surface area contributed by atoms with Crippen molar-refractivity contribution in [1.29, 1.82) is 0 Å². The van der Waals surface area contributed by atoms with Crippen molar-refractivity contribution >= 4 is 11.8 Å². The van der Waals surface area contributed by atoms with E-state index in [1.54, 1.807) is 48.5 Å². The molecule has 5 nitrogen and oxygen atoms in total. The molecular weight excluding hydrogens is 364 g/mol. The summed E-state index contributed by atoms with van der Waals surface area (Å²) in [5.74, 6) is 0.109. The standard InChI is InChI=1S/C24H32N2O3/c1-4-6-15-21(16-7-5-2)26(24(28)19-12-9-8-10-13-19)25-23(27)20-14-11-17-22(18-20)29-3/h8-14,17-18,21H,4-7,15-16H2,1-3H3,(H,25,27). The van der Waals surface area contributed by atoms with Gasteiger partial charge in [-0.25, -0.2) is 5.01 Å². The van der Waals surface area contributed by atoms with E-state index in [1.807, 2.05) is 18.2 Å². The Balaban J connectivity index is 2.30. The molecule has 0 saturated heterocycles. The summed E-state index contributed by atoms with van der Waals surface area (Å²) in [5, 5.41) is 1.54. The number of hydrogen-bond donors (Lipinski definition) is 1. The first kappa shape index (κ1) is 22.5. The number of ether oxygens (including phenoxy) is 1. The Morgan fingerprint density at radius 2 is 1.55 bits per heavy atom. The van der Waals surface area contributed by atoms with Crippen LogP contribution in [0.4, 0.5) is 0 Å². The number of nitrogens with one attached hydrogen (secondary N) is 1. The smallest absolute Gasteiger partial charge is 0.272 e. The Kier molecular flexibility index (Phi) is 9.22. The number of benzene rings is 2. The fourth-order valence-corrected chi connectivity index (χ4v) is 3.25. The van der Waals surface area contributed by atoms with E-state index >= 15 is 0 Å². The van der Waals surface area contributed by atoms with Crippen LogP contribution in [0.25, 0.3) is 0 Å². The number of rotatable bonds is 10. The zero-order valence-electron chi connectivity index (χ0n) is 17.7. The zero-order valence-corrected chi connectivity index (χ0v) is 17.7. The monoisotopic (exact) mass is 396 g/mol. The number of amides is 2. The van der Waals surface area contributed by atoms with Crippen molar-refractivity contribution in [3.05, 3.63) is 65.7 Å². The molecular formula is C24H32N2O3. The Morgan fingerprint density at radius 3 is 2.14 bits per heavy atom. The summed E-state index contributed by atoms with van der Waals surface area (Å²) in [6, 6.07) is 16.0. The van der Waals surface area contributed by atoms with E-state index < -0.39 is 0 Å². The minimum Gasteiger partial charge on any atom is -0.497 e. The molecule has 0 fully saturated rings. The molecule has 0 atom stereocenters. The van der Waals surface area contributed by atoms with Crippen LogP contribution in [-0.4, -0.2) is 30.0 Å². The highest BCUT2D eigenvalue weighted by molar-refractivity contribution is 5.99. The third-order valence-electron chi connectivity index (χ3n) is 4.94. The van der Waals surface area contributed by atoms with Gasteiger partial charge in [-0.1, -0.05) is 63.8 Å². The Hall–Kier alpha value is -2.82. The maximum Gasteiger partial charge on any atom is 0.272 e. The van der Waals surface area contributed by atoms with E-state index in [1.165, 1.54) is 0 Å². The molecule has 5 heteroatoms. The lowest BCUT2D eigenvalue weighted by molar-refractivity contribution is 0.0450. The molecule has 0 aromatic heterocycles. The molecule has 0 saturated carbocycles. The van der Waals surface area contributed by atoms with Gasteiger partial charge in [0.2, 0.25) is 0 Å². The van der Waals surface area contributed by atoms with Gasteiger partial charge < -0.3 is 4.74 Å². The number of carbonyl (C=O) groups is 2. The molecule has 0 spiro atoms. The van der Waals surface area contributed by atoms with E-state index in [-0.39, 0.29) is 17.9 Å². The number of unbranched alkanes of at least 4 members (excludes halogenated alkanes) is 2. The lowest BCUT2D eigenvalue weighted by atomic mass is 10.0. The van der Waals surface area contributed by atoms with Crippen LogP contribution in [0.3, 0.4) is 0 Å². The molecule has 0 aliphatic rings. The fraction of sp³-hybridized carbons (Fsp3) is 0.417. The number of hydrogen-bond acceptors (Lipinski definition) is 3. The van der Waals surface area contributed by atoms with Crippen molar-refractivity contribution in [2.45, 2.75) is 58.4 Å². The number of carbonyl (C=O) groups excluding carboxylic acids is 2. The Morgan fingerprint density at radius 1 is 0.931 bits per heavy atom. The van der Waals surface area contributed by atoms with E-state index in [0.717, 1.165) is 38.5 Å². The van der Waals surface area contributed by atoms with Gasteiger partial charge in [-0.3, -0.25) is 15.0 Å². The average Bonchev–Trinajstić information content (AvgIpc) is 2.78. The van der Waals surface area contributed by atoms with Gasteiger partial charge in [0.15, 0.2) is 0 Å². The van der Waals surface area contributed by atoms with Gasteiger partial charge in [0.25, 0.3) is 11.8 Å². The number of nitrogens with zero attached hydrogens (tertiary/aromatic N) is 1. The first-order valence-electron chi connectivity index (χ1n) is 10.4. The van der Waals surface area contributed by atoms with Gasteiger partial charge in [0, 0.05) is 11.1 Å². The Labute approximate surface area is 174 Å². The van der Waals surface area contributed by atoms with Gasteiger partial charge in [-0.05, 0) is 43.2 Å². The number of hydrazine groups is 1. The van der Waals surface area contributed by atoms with Crippen molar-refractivity contribution in [2.24, 2.45) is 0 Å². The molecule has 29 heavy (non-hydrogen) atoms. The predicted octanol–water partition coefficient (Wildman–Crippen LogP) is 5.23. The van der Waals surface area contributed by atoms with Crippen LogP contribution in [0.2, 0.25) is 0 Å². The number of methoxy groups -OCH3 is 1. The van der Waals surface area contributed by atoms with Crippen molar-refractivity contribution in [3.8, 4) is 5.75 Å². The van der Waals surface area contributed by atoms with Crippen molar-refractivity contribution < 1.29 is 14.3 Å². The average molecular weight is 397 g/mol. The molecule has 0 aliphatic carbocycles. The maximum atomic E-state index is 13.3. The lowest BCUT2D eigenvalue weighted by Gasteiger charge is -2.32. The van der Waals surface area contributed by atoms with Crippen molar-refractivity contribution in [1.82, 2.24) is 10.4 Å². The van der Waals surface area contributed by atoms with Crippen molar-refractivity contribution in [2.75, 3.05) is 7.11 Å². The van der Waals surface area contributed by atoms with Gasteiger partial charge in [0.05, 0.1) is 13.2 Å². The van der Waals surface area contributed by atoms with Crippen LogP contribution in [0.15, 0.2) is 54.6 Å². The normalized spacial score (nSPS) is 10.6. The summed E-state index contributed by atoms with van der Waals surface area (Å²) in [7, 11) is 1.56. The summed E-state index contributed by atoms with van der Waals surface area (Å²) in [6.07, 6.45) is 5.80. The summed E-state index contributed by atoms with van der Waals surface area (Å²) < 4.78 is 5.22. The van der Waals surface area contributed by atoms with Crippen LogP contribution in [-0.2, 0) is 0 Å². The fourth-order valence-electron chi connectivity index (χ4n) is 3.25. The van der Waals surface area contributed by atoms with E-state index in [9.17, 15) is 9.59 Å². The molecule has 0 aliphatic heterocycles. The highest BCUT2D eigenvalue weighted by atomic mass is 16.5. The first-order valence-corrected chi connectivity index (χ1v) is 10.4. The van der Waals surface area contributed by atoms with E-state index in [0.29, 0.717) is 16.9 Å².